The van der Waals surface area contributed by atoms with Crippen molar-refractivity contribution in [3.8, 4) is 0 Å². The number of Topliss-reactive ketones (excluding diaryl/α,β-unsaturated/α-hetero) is 1. The number of aromatic nitrogens is 1. The number of fused-ring (bicyclic) bond motifs is 1. The summed E-state index contributed by atoms with van der Waals surface area (Å²) in [5.74, 6) is -0.0817. The van der Waals surface area contributed by atoms with Crippen molar-refractivity contribution in [2.75, 3.05) is 0 Å². The van der Waals surface area contributed by atoms with Gasteiger partial charge in [-0.15, -0.1) is 11.3 Å². The molecule has 0 radical (unpaired) electrons. The lowest BCUT2D eigenvalue weighted by molar-refractivity contribution is 0.0968. The van der Waals surface area contributed by atoms with Crippen LogP contribution in [0.2, 0.25) is 0 Å². The number of nitrogens with zero attached hydrogens (tertiary/aromatic N) is 1. The molecule has 1 heterocycles. The summed E-state index contributed by atoms with van der Waals surface area (Å²) in [5.41, 5.74) is 1.36. The van der Waals surface area contributed by atoms with E-state index in [0.29, 0.717) is 12.1 Å². The molecule has 1 aromatic carbocycles. The first kappa shape index (κ1) is 13.4. The minimum atomic E-state index is -0.310. The van der Waals surface area contributed by atoms with E-state index in [0.717, 1.165) is 28.3 Å². The van der Waals surface area contributed by atoms with Gasteiger partial charge in [0.15, 0.2) is 5.78 Å². The first-order valence-corrected chi connectivity index (χ1v) is 7.59. The molecule has 0 fully saturated rings. The molecule has 2 aromatic rings. The van der Waals surface area contributed by atoms with Crippen LogP contribution < -0.4 is 0 Å². The van der Waals surface area contributed by atoms with Gasteiger partial charge < -0.3 is 0 Å². The molecule has 3 rings (SSSR count). The number of benzene rings is 1. The van der Waals surface area contributed by atoms with Crippen molar-refractivity contribution in [3.63, 3.8) is 0 Å². The van der Waals surface area contributed by atoms with E-state index in [1.807, 2.05) is 0 Å². The summed E-state index contributed by atoms with van der Waals surface area (Å²) >= 11 is 1.62. The van der Waals surface area contributed by atoms with Gasteiger partial charge in [0.1, 0.15) is 16.5 Å². The molecule has 0 saturated heterocycles. The minimum absolute atomic E-state index is 0.156. The SMILES string of the molecule is CC(C)(c1ccc(F)cc1)c1nc2c(s1)CCCC2=O. The van der Waals surface area contributed by atoms with Crippen molar-refractivity contribution in [2.45, 2.75) is 38.5 Å². The average Bonchev–Trinajstić information content (AvgIpc) is 2.85. The molecule has 104 valence electrons. The second-order valence-electron chi connectivity index (χ2n) is 5.70. The van der Waals surface area contributed by atoms with Crippen LogP contribution in [-0.4, -0.2) is 10.8 Å². The van der Waals surface area contributed by atoms with Gasteiger partial charge in [-0.2, -0.15) is 0 Å². The zero-order valence-electron chi connectivity index (χ0n) is 11.6. The van der Waals surface area contributed by atoms with Crippen LogP contribution in [0.15, 0.2) is 24.3 Å². The standard InChI is InChI=1S/C16H16FNOS/c1-16(2,10-6-8-11(17)9-7-10)15-18-14-12(19)4-3-5-13(14)20-15/h6-9H,3-5H2,1-2H3. The van der Waals surface area contributed by atoms with Crippen LogP contribution in [0.5, 0.6) is 0 Å². The Bertz CT molecular complexity index is 658. The molecule has 0 bridgehead atoms. The van der Waals surface area contributed by atoms with Crippen LogP contribution in [0, 0.1) is 5.82 Å². The van der Waals surface area contributed by atoms with E-state index in [-0.39, 0.29) is 17.0 Å². The highest BCUT2D eigenvalue weighted by atomic mass is 32.1. The molecule has 0 aliphatic heterocycles. The zero-order valence-corrected chi connectivity index (χ0v) is 12.4. The van der Waals surface area contributed by atoms with Crippen LogP contribution >= 0.6 is 11.3 Å². The van der Waals surface area contributed by atoms with E-state index < -0.39 is 0 Å². The molecule has 20 heavy (non-hydrogen) atoms. The van der Waals surface area contributed by atoms with Crippen LogP contribution in [-0.2, 0) is 11.8 Å². The molecular formula is C16H16FNOS. The molecule has 0 N–H and O–H groups in total. The molecule has 2 nitrogen and oxygen atoms in total. The summed E-state index contributed by atoms with van der Waals surface area (Å²) in [6.07, 6.45) is 2.47. The van der Waals surface area contributed by atoms with E-state index in [9.17, 15) is 9.18 Å². The Balaban J connectivity index is 2.03. The van der Waals surface area contributed by atoms with Crippen LogP contribution in [0.3, 0.4) is 0 Å². The lowest BCUT2D eigenvalue weighted by atomic mass is 9.85. The van der Waals surface area contributed by atoms with Gasteiger partial charge in [0.2, 0.25) is 0 Å². The Labute approximate surface area is 121 Å². The second-order valence-corrected chi connectivity index (χ2v) is 6.78. The van der Waals surface area contributed by atoms with E-state index in [1.54, 1.807) is 23.5 Å². The maximum atomic E-state index is 13.1. The third-order valence-corrected chi connectivity index (χ3v) is 5.31. The van der Waals surface area contributed by atoms with Gasteiger partial charge in [0, 0.05) is 16.7 Å². The predicted octanol–water partition coefficient (Wildman–Crippen LogP) is 4.13. The van der Waals surface area contributed by atoms with Crippen LogP contribution in [0.25, 0.3) is 0 Å². The van der Waals surface area contributed by atoms with Crippen molar-refractivity contribution in [2.24, 2.45) is 0 Å². The van der Waals surface area contributed by atoms with Gasteiger partial charge in [-0.05, 0) is 44.4 Å². The lowest BCUT2D eigenvalue weighted by Crippen LogP contribution is -2.19. The third-order valence-electron chi connectivity index (χ3n) is 3.87. The Morgan fingerprint density at radius 2 is 1.90 bits per heavy atom. The fourth-order valence-corrected chi connectivity index (χ4v) is 3.77. The van der Waals surface area contributed by atoms with Crippen LogP contribution in [0.4, 0.5) is 4.39 Å². The quantitative estimate of drug-likeness (QED) is 0.832. The number of thiazole rings is 1. The molecule has 0 amide bonds. The number of aryl methyl sites for hydroxylation is 1. The first-order chi connectivity index (χ1) is 9.48. The molecule has 0 spiro atoms. The monoisotopic (exact) mass is 289 g/mol. The van der Waals surface area contributed by atoms with Crippen molar-refractivity contribution in [1.29, 1.82) is 0 Å². The number of hydrogen-bond acceptors (Lipinski definition) is 3. The van der Waals surface area contributed by atoms with Crippen molar-refractivity contribution in [1.82, 2.24) is 4.98 Å². The van der Waals surface area contributed by atoms with Crippen molar-refractivity contribution in [3.05, 3.63) is 51.2 Å². The molecular weight excluding hydrogens is 273 g/mol. The summed E-state index contributed by atoms with van der Waals surface area (Å²) in [5, 5.41) is 0.935. The normalized spacial score (nSPS) is 15.2. The van der Waals surface area contributed by atoms with Gasteiger partial charge in [-0.1, -0.05) is 12.1 Å². The smallest absolute Gasteiger partial charge is 0.182 e. The van der Waals surface area contributed by atoms with Crippen LogP contribution in [0.1, 0.15) is 52.6 Å². The highest BCUT2D eigenvalue weighted by Gasteiger charge is 2.31. The predicted molar refractivity (Wildman–Crippen MR) is 77.9 cm³/mol. The minimum Gasteiger partial charge on any atom is -0.292 e. The Morgan fingerprint density at radius 1 is 1.20 bits per heavy atom. The first-order valence-electron chi connectivity index (χ1n) is 6.78. The fraction of sp³-hybridized carbons (Fsp3) is 0.375. The van der Waals surface area contributed by atoms with Gasteiger partial charge in [-0.3, -0.25) is 4.79 Å². The number of ketones is 1. The molecule has 1 aliphatic carbocycles. The highest BCUT2D eigenvalue weighted by Crippen LogP contribution is 2.37. The lowest BCUT2D eigenvalue weighted by Gasteiger charge is -2.22. The second kappa shape index (κ2) is 4.77. The summed E-state index contributed by atoms with van der Waals surface area (Å²) < 4.78 is 13.1. The van der Waals surface area contributed by atoms with Gasteiger partial charge in [0.25, 0.3) is 0 Å². The highest BCUT2D eigenvalue weighted by molar-refractivity contribution is 7.12. The molecule has 4 heteroatoms. The maximum Gasteiger partial charge on any atom is 0.182 e. The molecule has 0 saturated carbocycles. The molecule has 0 atom stereocenters. The number of rotatable bonds is 2. The summed E-state index contributed by atoms with van der Waals surface area (Å²) in [7, 11) is 0. The number of hydrogen-bond donors (Lipinski definition) is 0. The maximum absolute atomic E-state index is 13.1. The molecule has 0 unspecified atom stereocenters. The Morgan fingerprint density at radius 3 is 2.55 bits per heavy atom. The zero-order chi connectivity index (χ0) is 14.3. The van der Waals surface area contributed by atoms with E-state index in [2.05, 4.69) is 18.8 Å². The third kappa shape index (κ3) is 2.18. The Hall–Kier alpha value is -1.55. The van der Waals surface area contributed by atoms with Crippen molar-refractivity contribution < 1.29 is 9.18 Å². The fourth-order valence-electron chi connectivity index (χ4n) is 2.52. The number of halogens is 1. The number of carbonyl (C=O) groups is 1. The topological polar surface area (TPSA) is 30.0 Å². The summed E-state index contributed by atoms with van der Waals surface area (Å²) in [4.78, 5) is 17.6. The van der Waals surface area contributed by atoms with Gasteiger partial charge >= 0.3 is 0 Å². The number of carbonyl (C=O) groups excluding carboxylic acids is 1. The summed E-state index contributed by atoms with van der Waals surface area (Å²) in [6.45, 7) is 4.13. The Kier molecular flexibility index (Phi) is 3.21. The van der Waals surface area contributed by atoms with Gasteiger partial charge in [0.05, 0.1) is 0 Å². The molecule has 1 aliphatic rings. The average molecular weight is 289 g/mol. The van der Waals surface area contributed by atoms with Gasteiger partial charge in [-0.25, -0.2) is 9.37 Å². The van der Waals surface area contributed by atoms with E-state index in [4.69, 9.17) is 0 Å². The summed E-state index contributed by atoms with van der Waals surface area (Å²) in [6, 6.07) is 6.51. The molecule has 1 aromatic heterocycles. The van der Waals surface area contributed by atoms with Crippen molar-refractivity contribution >= 4 is 17.1 Å². The largest absolute Gasteiger partial charge is 0.292 e. The van der Waals surface area contributed by atoms with E-state index in [1.165, 1.54) is 12.1 Å². The van der Waals surface area contributed by atoms with E-state index >= 15 is 0 Å².